The number of carbonyl (C=O) groups is 1. The number of carbonyl (C=O) groups excluding carboxylic acids is 1. The summed E-state index contributed by atoms with van der Waals surface area (Å²) in [7, 11) is 0. The Labute approximate surface area is 136 Å². The number of hydrogen-bond acceptors (Lipinski definition) is 4. The third-order valence-electron chi connectivity index (χ3n) is 3.93. The summed E-state index contributed by atoms with van der Waals surface area (Å²) < 4.78 is 5.67. The van der Waals surface area contributed by atoms with Crippen molar-refractivity contribution in [3.63, 3.8) is 0 Å². The second kappa shape index (κ2) is 6.77. The lowest BCUT2D eigenvalue weighted by Crippen LogP contribution is -2.38. The quantitative estimate of drug-likeness (QED) is 0.938. The van der Waals surface area contributed by atoms with E-state index in [0.717, 1.165) is 34.9 Å². The van der Waals surface area contributed by atoms with E-state index in [9.17, 15) is 4.79 Å². The number of rotatable bonds is 4. The fourth-order valence-corrected chi connectivity index (χ4v) is 2.85. The maximum absolute atomic E-state index is 12.3. The summed E-state index contributed by atoms with van der Waals surface area (Å²) in [5, 5.41) is 2.97. The van der Waals surface area contributed by atoms with E-state index in [-0.39, 0.29) is 11.8 Å². The monoisotopic (exact) mass is 311 g/mol. The van der Waals surface area contributed by atoms with Crippen molar-refractivity contribution in [1.82, 2.24) is 15.3 Å². The summed E-state index contributed by atoms with van der Waals surface area (Å²) in [5.74, 6) is 1.56. The van der Waals surface area contributed by atoms with Crippen molar-refractivity contribution >= 4 is 5.91 Å². The molecule has 1 aromatic heterocycles. The third-order valence-corrected chi connectivity index (χ3v) is 3.93. The van der Waals surface area contributed by atoms with Crippen molar-refractivity contribution < 1.29 is 9.53 Å². The van der Waals surface area contributed by atoms with Gasteiger partial charge in [0.15, 0.2) is 0 Å². The van der Waals surface area contributed by atoms with Gasteiger partial charge in [0.1, 0.15) is 18.2 Å². The van der Waals surface area contributed by atoms with Gasteiger partial charge in [-0.1, -0.05) is 18.2 Å². The van der Waals surface area contributed by atoms with Crippen LogP contribution >= 0.6 is 0 Å². The first-order chi connectivity index (χ1) is 11.1. The van der Waals surface area contributed by atoms with Crippen molar-refractivity contribution in [2.45, 2.75) is 26.7 Å². The molecule has 5 heteroatoms. The van der Waals surface area contributed by atoms with E-state index in [0.29, 0.717) is 19.6 Å². The van der Waals surface area contributed by atoms with Crippen LogP contribution in [0, 0.1) is 19.8 Å². The van der Waals surface area contributed by atoms with Crippen LogP contribution in [0.15, 0.2) is 30.3 Å². The predicted octanol–water partition coefficient (Wildman–Crippen LogP) is 2.00. The largest absolute Gasteiger partial charge is 0.492 e. The van der Waals surface area contributed by atoms with Crippen LogP contribution in [0.1, 0.15) is 22.8 Å². The van der Waals surface area contributed by atoms with Crippen LogP contribution in [0.2, 0.25) is 0 Å². The average Bonchev–Trinajstić information content (AvgIpc) is 2.53. The van der Waals surface area contributed by atoms with Crippen molar-refractivity contribution in [2.24, 2.45) is 5.92 Å². The van der Waals surface area contributed by atoms with Gasteiger partial charge in [-0.2, -0.15) is 0 Å². The highest BCUT2D eigenvalue weighted by Crippen LogP contribution is 2.26. The Morgan fingerprint density at radius 1 is 1.26 bits per heavy atom. The van der Waals surface area contributed by atoms with E-state index in [2.05, 4.69) is 15.3 Å². The second-order valence-electron chi connectivity index (χ2n) is 5.93. The lowest BCUT2D eigenvalue weighted by Gasteiger charge is -2.24. The van der Waals surface area contributed by atoms with E-state index in [1.54, 1.807) is 0 Å². The van der Waals surface area contributed by atoms with Crippen LogP contribution in [0.3, 0.4) is 0 Å². The number of hydrogen-bond donors (Lipinski definition) is 1. The standard InChI is InChI=1S/C18H21N3O2/c1-12-9-13(2)21-17(20-12)7-8-19-18(22)15-10-14-5-3-4-6-16(14)23-11-15/h3-6,9,15H,7-8,10-11H2,1-2H3,(H,19,22)/t15-/m0/s1. The normalized spacial score (nSPS) is 16.3. The molecule has 0 aliphatic carbocycles. The molecule has 3 rings (SSSR count). The molecular formula is C18H21N3O2. The molecule has 5 nitrogen and oxygen atoms in total. The molecule has 0 saturated heterocycles. The number of fused-ring (bicyclic) bond motifs is 1. The second-order valence-corrected chi connectivity index (χ2v) is 5.93. The maximum Gasteiger partial charge on any atom is 0.226 e. The molecule has 0 radical (unpaired) electrons. The summed E-state index contributed by atoms with van der Waals surface area (Å²) in [6, 6.07) is 9.82. The Morgan fingerprint density at radius 2 is 2.00 bits per heavy atom. The molecule has 0 unspecified atom stereocenters. The third kappa shape index (κ3) is 3.86. The van der Waals surface area contributed by atoms with Crippen molar-refractivity contribution in [3.05, 3.63) is 53.1 Å². The highest BCUT2D eigenvalue weighted by molar-refractivity contribution is 5.79. The summed E-state index contributed by atoms with van der Waals surface area (Å²) in [4.78, 5) is 21.1. The fraction of sp³-hybridized carbons (Fsp3) is 0.389. The zero-order chi connectivity index (χ0) is 16.2. The van der Waals surface area contributed by atoms with Gasteiger partial charge in [0.25, 0.3) is 0 Å². The molecular weight excluding hydrogens is 290 g/mol. The first kappa shape index (κ1) is 15.5. The fourth-order valence-electron chi connectivity index (χ4n) is 2.85. The Hall–Kier alpha value is -2.43. The van der Waals surface area contributed by atoms with Crippen molar-refractivity contribution in [2.75, 3.05) is 13.2 Å². The van der Waals surface area contributed by atoms with Gasteiger partial charge in [-0.15, -0.1) is 0 Å². The zero-order valence-electron chi connectivity index (χ0n) is 13.5. The molecule has 1 aliphatic rings. The highest BCUT2D eigenvalue weighted by atomic mass is 16.5. The number of ether oxygens (including phenoxy) is 1. The predicted molar refractivity (Wildman–Crippen MR) is 87.4 cm³/mol. The zero-order valence-corrected chi connectivity index (χ0v) is 13.5. The minimum absolute atomic E-state index is 0.0314. The number of aryl methyl sites for hydroxylation is 2. The topological polar surface area (TPSA) is 64.1 Å². The van der Waals surface area contributed by atoms with Crippen LogP contribution in [-0.2, 0) is 17.6 Å². The number of nitrogens with one attached hydrogen (secondary N) is 1. The molecule has 1 aromatic carbocycles. The van der Waals surface area contributed by atoms with Crippen LogP contribution < -0.4 is 10.1 Å². The van der Waals surface area contributed by atoms with Gasteiger partial charge >= 0.3 is 0 Å². The highest BCUT2D eigenvalue weighted by Gasteiger charge is 2.25. The molecule has 2 aromatic rings. The van der Waals surface area contributed by atoms with E-state index >= 15 is 0 Å². The number of aromatic nitrogens is 2. The molecule has 1 N–H and O–H groups in total. The minimum atomic E-state index is -0.134. The number of amides is 1. The van der Waals surface area contributed by atoms with Gasteiger partial charge < -0.3 is 10.1 Å². The van der Waals surface area contributed by atoms with Crippen LogP contribution in [0.25, 0.3) is 0 Å². The Morgan fingerprint density at radius 3 is 2.78 bits per heavy atom. The molecule has 1 atom stereocenters. The first-order valence-electron chi connectivity index (χ1n) is 7.91. The van der Waals surface area contributed by atoms with Gasteiger partial charge in [0, 0.05) is 24.4 Å². The van der Waals surface area contributed by atoms with E-state index in [1.165, 1.54) is 0 Å². The lowest BCUT2D eigenvalue weighted by atomic mass is 9.96. The van der Waals surface area contributed by atoms with Crippen LogP contribution in [0.5, 0.6) is 5.75 Å². The SMILES string of the molecule is Cc1cc(C)nc(CCNC(=O)[C@@H]2COc3ccccc3C2)n1. The smallest absolute Gasteiger partial charge is 0.226 e. The molecule has 0 saturated carbocycles. The van der Waals surface area contributed by atoms with Gasteiger partial charge in [0.05, 0.1) is 5.92 Å². The molecule has 0 bridgehead atoms. The number of nitrogens with zero attached hydrogens (tertiary/aromatic N) is 2. The summed E-state index contributed by atoms with van der Waals surface area (Å²) >= 11 is 0. The lowest BCUT2D eigenvalue weighted by molar-refractivity contribution is -0.126. The minimum Gasteiger partial charge on any atom is -0.492 e. The maximum atomic E-state index is 12.3. The molecule has 0 spiro atoms. The van der Waals surface area contributed by atoms with E-state index in [4.69, 9.17) is 4.74 Å². The molecule has 120 valence electrons. The molecule has 1 aliphatic heterocycles. The number of benzene rings is 1. The van der Waals surface area contributed by atoms with Gasteiger partial charge in [-0.05, 0) is 38.0 Å². The van der Waals surface area contributed by atoms with Gasteiger partial charge in [-0.3, -0.25) is 4.79 Å². The Bertz CT molecular complexity index is 695. The van der Waals surface area contributed by atoms with Crippen molar-refractivity contribution in [1.29, 1.82) is 0 Å². The summed E-state index contributed by atoms with van der Waals surface area (Å²) in [5.41, 5.74) is 3.00. The van der Waals surface area contributed by atoms with Gasteiger partial charge in [-0.25, -0.2) is 9.97 Å². The Balaban J connectivity index is 1.52. The number of para-hydroxylation sites is 1. The summed E-state index contributed by atoms with van der Waals surface area (Å²) in [6.45, 7) is 4.88. The Kier molecular flexibility index (Phi) is 4.55. The van der Waals surface area contributed by atoms with E-state index < -0.39 is 0 Å². The summed E-state index contributed by atoms with van der Waals surface area (Å²) in [6.07, 6.45) is 1.36. The molecule has 1 amide bonds. The van der Waals surface area contributed by atoms with Crippen LogP contribution in [-0.4, -0.2) is 29.0 Å². The molecule has 2 heterocycles. The van der Waals surface area contributed by atoms with E-state index in [1.807, 2.05) is 44.2 Å². The molecule has 0 fully saturated rings. The average molecular weight is 311 g/mol. The van der Waals surface area contributed by atoms with Crippen LogP contribution in [0.4, 0.5) is 0 Å². The van der Waals surface area contributed by atoms with Crippen molar-refractivity contribution in [3.8, 4) is 5.75 Å². The molecule has 23 heavy (non-hydrogen) atoms. The van der Waals surface area contributed by atoms with Gasteiger partial charge in [0.2, 0.25) is 5.91 Å². The first-order valence-corrected chi connectivity index (χ1v) is 7.91.